The fourth-order valence-corrected chi connectivity index (χ4v) is 4.04. The van der Waals surface area contributed by atoms with Gasteiger partial charge >= 0.3 is 5.97 Å². The third-order valence-electron chi connectivity index (χ3n) is 5.34. The third-order valence-corrected chi connectivity index (χ3v) is 5.56. The Bertz CT molecular complexity index is 1230. The van der Waals surface area contributed by atoms with E-state index in [1.807, 2.05) is 19.9 Å². The van der Waals surface area contributed by atoms with E-state index >= 15 is 0 Å². The predicted molar refractivity (Wildman–Crippen MR) is 147 cm³/mol. The fourth-order valence-electron chi connectivity index (χ4n) is 3.76. The normalized spacial score (nSPS) is 14.9. The minimum Gasteiger partial charge on any atom is -0.494 e. The number of hydrogen-bond donors (Lipinski definition) is 3. The van der Waals surface area contributed by atoms with Gasteiger partial charge in [-0.2, -0.15) is 5.10 Å². The largest absolute Gasteiger partial charge is 0.494 e. The molecule has 0 fully saturated rings. The number of carbonyl (C=O) groups is 2. The first-order valence-corrected chi connectivity index (χ1v) is 12.7. The lowest BCUT2D eigenvalue weighted by atomic mass is 9.95. The highest BCUT2D eigenvalue weighted by atomic mass is 32.1. The van der Waals surface area contributed by atoms with Gasteiger partial charge in [-0.15, -0.1) is 0 Å². The molecule has 38 heavy (non-hydrogen) atoms. The first-order chi connectivity index (χ1) is 18.4. The number of thiocarbonyl (C=S) groups is 1. The Balaban J connectivity index is 1.70. The summed E-state index contributed by atoms with van der Waals surface area (Å²) in [6, 6.07) is 11.9. The molecule has 0 aliphatic carbocycles. The molecule has 11 heteroatoms. The Morgan fingerprint density at radius 3 is 2.53 bits per heavy atom. The molecule has 2 aromatic rings. The van der Waals surface area contributed by atoms with E-state index in [4.69, 9.17) is 31.2 Å². The van der Waals surface area contributed by atoms with E-state index in [1.165, 1.54) is 6.21 Å². The van der Waals surface area contributed by atoms with Crippen LogP contribution in [0.1, 0.15) is 44.9 Å². The molecule has 3 rings (SSSR count). The number of ether oxygens (including phenoxy) is 4. The summed E-state index contributed by atoms with van der Waals surface area (Å²) >= 11 is 5.30. The smallest absolute Gasteiger partial charge is 0.338 e. The van der Waals surface area contributed by atoms with Crippen molar-refractivity contribution in [2.75, 3.05) is 26.4 Å². The summed E-state index contributed by atoms with van der Waals surface area (Å²) in [5, 5.41) is 10.4. The molecule has 2 aromatic carbocycles. The monoisotopic (exact) mass is 540 g/mol. The Morgan fingerprint density at radius 2 is 1.79 bits per heavy atom. The van der Waals surface area contributed by atoms with Gasteiger partial charge in [-0.1, -0.05) is 18.2 Å². The van der Waals surface area contributed by atoms with Gasteiger partial charge in [0.15, 0.2) is 11.7 Å². The highest BCUT2D eigenvalue weighted by Gasteiger charge is 2.32. The number of carbonyl (C=O) groups excluding carboxylic acids is 2. The molecule has 1 heterocycles. The van der Waals surface area contributed by atoms with Crippen LogP contribution < -0.4 is 30.3 Å². The number of rotatable bonds is 12. The molecular weight excluding hydrogens is 508 g/mol. The van der Waals surface area contributed by atoms with Crippen LogP contribution >= 0.6 is 12.2 Å². The van der Waals surface area contributed by atoms with Crippen LogP contribution in [0.3, 0.4) is 0 Å². The van der Waals surface area contributed by atoms with Crippen molar-refractivity contribution in [3.8, 4) is 17.2 Å². The summed E-state index contributed by atoms with van der Waals surface area (Å²) in [7, 11) is 0. The number of esters is 1. The second-order valence-corrected chi connectivity index (χ2v) is 8.38. The van der Waals surface area contributed by atoms with Crippen molar-refractivity contribution in [1.82, 2.24) is 16.1 Å². The number of amides is 1. The van der Waals surface area contributed by atoms with Gasteiger partial charge in [-0.25, -0.2) is 10.2 Å². The van der Waals surface area contributed by atoms with Gasteiger partial charge in [-0.3, -0.25) is 4.79 Å². The highest BCUT2D eigenvalue weighted by Crippen LogP contribution is 2.33. The SMILES string of the molecule is CCOC(=O)C1=C(C)NC(=S)N[C@H]1c1ccccc1OCC(=O)NN=Cc1ccc(OCC)cc1OCC. The Labute approximate surface area is 227 Å². The molecular formula is C27H32N4O6S. The lowest BCUT2D eigenvalue weighted by Gasteiger charge is -2.30. The average molecular weight is 541 g/mol. The second kappa shape index (κ2) is 14.0. The number of nitrogens with one attached hydrogen (secondary N) is 3. The summed E-state index contributed by atoms with van der Waals surface area (Å²) in [5.74, 6) is 0.749. The molecule has 0 bridgehead atoms. The van der Waals surface area contributed by atoms with Gasteiger partial charge < -0.3 is 29.6 Å². The van der Waals surface area contributed by atoms with Gasteiger partial charge in [-0.05, 0) is 58.1 Å². The van der Waals surface area contributed by atoms with Crippen molar-refractivity contribution >= 4 is 35.4 Å². The second-order valence-electron chi connectivity index (χ2n) is 7.98. The molecule has 0 spiro atoms. The zero-order valence-electron chi connectivity index (χ0n) is 21.8. The maximum atomic E-state index is 12.7. The third kappa shape index (κ3) is 7.45. The van der Waals surface area contributed by atoms with Gasteiger partial charge in [0.25, 0.3) is 5.91 Å². The maximum Gasteiger partial charge on any atom is 0.338 e. The average Bonchev–Trinajstić information content (AvgIpc) is 2.89. The predicted octanol–water partition coefficient (Wildman–Crippen LogP) is 3.37. The molecule has 1 aliphatic rings. The lowest BCUT2D eigenvalue weighted by molar-refractivity contribution is -0.139. The Morgan fingerprint density at radius 1 is 1.03 bits per heavy atom. The molecule has 202 valence electrons. The summed E-state index contributed by atoms with van der Waals surface area (Å²) in [5.41, 5.74) is 4.73. The van der Waals surface area contributed by atoms with Crippen molar-refractivity contribution < 1.29 is 28.5 Å². The van der Waals surface area contributed by atoms with Crippen molar-refractivity contribution in [1.29, 1.82) is 0 Å². The molecule has 0 unspecified atom stereocenters. The van der Waals surface area contributed by atoms with Crippen LogP contribution in [0.15, 0.2) is 58.8 Å². The van der Waals surface area contributed by atoms with Crippen LogP contribution in [0.4, 0.5) is 0 Å². The molecule has 0 aromatic heterocycles. The zero-order chi connectivity index (χ0) is 27.5. The van der Waals surface area contributed by atoms with E-state index in [1.54, 1.807) is 50.2 Å². The molecule has 1 amide bonds. The number of hydrazone groups is 1. The van der Waals surface area contributed by atoms with Gasteiger partial charge in [0.2, 0.25) is 0 Å². The number of benzene rings is 2. The summed E-state index contributed by atoms with van der Waals surface area (Å²) in [6.07, 6.45) is 1.49. The van der Waals surface area contributed by atoms with Gasteiger partial charge in [0.1, 0.15) is 17.2 Å². The summed E-state index contributed by atoms with van der Waals surface area (Å²) in [6.45, 7) is 8.21. The van der Waals surface area contributed by atoms with Crippen molar-refractivity contribution in [3.63, 3.8) is 0 Å². The minimum absolute atomic E-state index is 0.230. The number of nitrogens with zero attached hydrogens (tertiary/aromatic N) is 1. The number of para-hydroxylation sites is 1. The van der Waals surface area contributed by atoms with E-state index < -0.39 is 17.9 Å². The van der Waals surface area contributed by atoms with Gasteiger partial charge in [0, 0.05) is 22.9 Å². The van der Waals surface area contributed by atoms with Crippen LogP contribution in [-0.2, 0) is 14.3 Å². The van der Waals surface area contributed by atoms with E-state index in [-0.39, 0.29) is 13.2 Å². The molecule has 3 N–H and O–H groups in total. The van der Waals surface area contributed by atoms with Crippen LogP contribution in [0, 0.1) is 0 Å². The maximum absolute atomic E-state index is 12.7. The molecule has 1 atom stereocenters. The minimum atomic E-state index is -0.614. The number of hydrogen-bond acceptors (Lipinski definition) is 8. The number of allylic oxidation sites excluding steroid dienone is 1. The van der Waals surface area contributed by atoms with Crippen molar-refractivity contribution in [2.45, 2.75) is 33.7 Å². The van der Waals surface area contributed by atoms with Crippen LogP contribution in [0.25, 0.3) is 0 Å². The van der Waals surface area contributed by atoms with Crippen LogP contribution in [0.2, 0.25) is 0 Å². The summed E-state index contributed by atoms with van der Waals surface area (Å²) < 4.78 is 22.2. The molecule has 10 nitrogen and oxygen atoms in total. The first-order valence-electron chi connectivity index (χ1n) is 12.3. The van der Waals surface area contributed by atoms with Gasteiger partial charge in [0.05, 0.1) is 37.7 Å². The summed E-state index contributed by atoms with van der Waals surface area (Å²) in [4.78, 5) is 25.2. The molecule has 0 saturated heterocycles. The van der Waals surface area contributed by atoms with Crippen molar-refractivity contribution in [2.24, 2.45) is 5.10 Å². The van der Waals surface area contributed by atoms with Crippen molar-refractivity contribution in [3.05, 3.63) is 64.9 Å². The Kier molecular flexibility index (Phi) is 10.5. The van der Waals surface area contributed by atoms with E-state index in [2.05, 4.69) is 21.2 Å². The van der Waals surface area contributed by atoms with E-state index in [0.29, 0.717) is 58.0 Å². The van der Waals surface area contributed by atoms with Crippen LogP contribution in [-0.4, -0.2) is 49.6 Å². The fraction of sp³-hybridized carbons (Fsp3) is 0.333. The molecule has 1 aliphatic heterocycles. The molecule has 0 radical (unpaired) electrons. The van der Waals surface area contributed by atoms with E-state index in [0.717, 1.165) is 0 Å². The highest BCUT2D eigenvalue weighted by molar-refractivity contribution is 7.80. The molecule has 0 saturated carbocycles. The topological polar surface area (TPSA) is 120 Å². The zero-order valence-corrected chi connectivity index (χ0v) is 22.6. The standard InChI is InChI=1S/C27H32N4O6S/c1-5-34-19-13-12-18(22(14-19)35-6-2)15-28-31-23(32)16-37-21-11-9-8-10-20(21)25-24(26(33)36-7-3)17(4)29-27(38)30-25/h8-15,25H,5-7,16H2,1-4H3,(H,31,32)(H2,29,30,38)/t25-/m0/s1. The van der Waals surface area contributed by atoms with Crippen LogP contribution in [0.5, 0.6) is 17.2 Å². The first kappa shape index (κ1) is 28.5. The quantitative estimate of drug-likeness (QED) is 0.161. The Hall–Kier alpha value is -4.12. The van der Waals surface area contributed by atoms with E-state index in [9.17, 15) is 9.59 Å². The lowest BCUT2D eigenvalue weighted by Crippen LogP contribution is -2.45.